The van der Waals surface area contributed by atoms with Crippen LogP contribution in [0.25, 0.3) is 11.0 Å². The van der Waals surface area contributed by atoms with Gasteiger partial charge in [-0.3, -0.25) is 4.79 Å². The van der Waals surface area contributed by atoms with Crippen LogP contribution in [-0.2, 0) is 0 Å². The fourth-order valence-corrected chi connectivity index (χ4v) is 2.60. The van der Waals surface area contributed by atoms with Gasteiger partial charge < -0.3 is 5.32 Å². The Bertz CT molecular complexity index is 797. The van der Waals surface area contributed by atoms with Crippen LogP contribution in [0, 0.1) is 0 Å². The lowest BCUT2D eigenvalue weighted by Crippen LogP contribution is -2.28. The average Bonchev–Trinajstić information content (AvgIpc) is 3.01. The van der Waals surface area contributed by atoms with Crippen LogP contribution in [0.15, 0.2) is 46.9 Å². The number of hydrogen-bond donors (Lipinski definition) is 2. The van der Waals surface area contributed by atoms with Crippen molar-refractivity contribution in [3.63, 3.8) is 0 Å². The molecule has 0 radical (unpaired) electrons. The van der Waals surface area contributed by atoms with Crippen molar-refractivity contribution in [1.29, 1.82) is 0 Å². The van der Waals surface area contributed by atoms with Crippen LogP contribution in [0.1, 0.15) is 35.3 Å². The summed E-state index contributed by atoms with van der Waals surface area (Å²) in [7, 11) is 0. The van der Waals surface area contributed by atoms with Crippen molar-refractivity contribution in [2.75, 3.05) is 0 Å². The van der Waals surface area contributed by atoms with Gasteiger partial charge in [0.2, 0.25) is 0 Å². The summed E-state index contributed by atoms with van der Waals surface area (Å²) in [6, 6.07) is 13.2. The lowest BCUT2D eigenvalue weighted by atomic mass is 10.0. The number of nitrogens with one attached hydrogen (secondary N) is 2. The molecule has 3 rings (SSSR count). The molecule has 1 aromatic heterocycles. The monoisotopic (exact) mass is 358 g/mol. The molecule has 3 aromatic rings. The van der Waals surface area contributed by atoms with Crippen molar-refractivity contribution in [1.82, 2.24) is 20.7 Å². The minimum absolute atomic E-state index is 0.0198. The second-order valence-electron chi connectivity index (χ2n) is 5.01. The molecule has 6 heteroatoms. The summed E-state index contributed by atoms with van der Waals surface area (Å²) in [5.74, 6) is -0.111. The highest BCUT2D eigenvalue weighted by Crippen LogP contribution is 2.20. The van der Waals surface area contributed by atoms with E-state index in [0.717, 1.165) is 22.0 Å². The Hall–Kier alpha value is -2.21. The standard InChI is InChI=1S/C16H15BrN4O/c1-2-13(10-3-6-12(17)7-4-10)18-16(22)11-5-8-14-15(9-11)20-21-19-14/h3-9,13H,2H2,1H3,(H,18,22)(H,19,20,21)/t13-/m1/s1. The Balaban J connectivity index is 1.80. The smallest absolute Gasteiger partial charge is 0.251 e. The molecule has 1 atom stereocenters. The molecule has 22 heavy (non-hydrogen) atoms. The van der Waals surface area contributed by atoms with Crippen LogP contribution in [-0.4, -0.2) is 21.3 Å². The number of aromatic nitrogens is 3. The normalized spacial score (nSPS) is 12.3. The number of amides is 1. The van der Waals surface area contributed by atoms with Gasteiger partial charge in [0.05, 0.1) is 6.04 Å². The molecular weight excluding hydrogens is 344 g/mol. The van der Waals surface area contributed by atoms with Crippen molar-refractivity contribution >= 4 is 32.9 Å². The lowest BCUT2D eigenvalue weighted by Gasteiger charge is -2.17. The lowest BCUT2D eigenvalue weighted by molar-refractivity contribution is 0.0935. The second kappa shape index (κ2) is 6.27. The molecule has 0 bridgehead atoms. The molecule has 0 saturated carbocycles. The third-order valence-corrected chi connectivity index (χ3v) is 4.09. The first-order valence-electron chi connectivity index (χ1n) is 7.04. The SMILES string of the molecule is CC[C@@H](NC(=O)c1ccc2n[nH]nc2c1)c1ccc(Br)cc1. The molecule has 0 unspecified atom stereocenters. The first kappa shape index (κ1) is 14.7. The van der Waals surface area contributed by atoms with E-state index < -0.39 is 0 Å². The predicted molar refractivity (Wildman–Crippen MR) is 88.5 cm³/mol. The fourth-order valence-electron chi connectivity index (χ4n) is 2.34. The van der Waals surface area contributed by atoms with Crippen LogP contribution in [0.3, 0.4) is 0 Å². The zero-order valence-corrected chi connectivity index (χ0v) is 13.6. The Morgan fingerprint density at radius 3 is 2.64 bits per heavy atom. The fraction of sp³-hybridized carbons (Fsp3) is 0.188. The van der Waals surface area contributed by atoms with E-state index in [1.807, 2.05) is 31.2 Å². The molecule has 1 amide bonds. The Morgan fingerprint density at radius 2 is 1.91 bits per heavy atom. The van der Waals surface area contributed by atoms with Gasteiger partial charge in [-0.25, -0.2) is 0 Å². The van der Waals surface area contributed by atoms with Crippen molar-refractivity contribution in [3.8, 4) is 0 Å². The molecule has 0 saturated heterocycles. The number of aromatic amines is 1. The number of rotatable bonds is 4. The number of nitrogens with zero attached hydrogens (tertiary/aromatic N) is 2. The molecule has 0 fully saturated rings. The van der Waals surface area contributed by atoms with Gasteiger partial charge in [0.25, 0.3) is 5.91 Å². The third-order valence-electron chi connectivity index (χ3n) is 3.56. The highest BCUT2D eigenvalue weighted by Gasteiger charge is 2.15. The maximum atomic E-state index is 12.4. The first-order chi connectivity index (χ1) is 10.7. The van der Waals surface area contributed by atoms with E-state index in [-0.39, 0.29) is 11.9 Å². The Labute approximate surface area is 136 Å². The predicted octanol–water partition coefficient (Wildman–Crippen LogP) is 3.60. The molecular formula is C16H15BrN4O. The van der Waals surface area contributed by atoms with Crippen LogP contribution >= 0.6 is 15.9 Å². The summed E-state index contributed by atoms with van der Waals surface area (Å²) in [5, 5.41) is 13.6. The van der Waals surface area contributed by atoms with E-state index in [9.17, 15) is 4.79 Å². The van der Waals surface area contributed by atoms with Crippen molar-refractivity contribution < 1.29 is 4.79 Å². The van der Waals surface area contributed by atoms with Gasteiger partial charge in [0.1, 0.15) is 11.0 Å². The topological polar surface area (TPSA) is 70.7 Å². The molecule has 1 heterocycles. The van der Waals surface area contributed by atoms with Gasteiger partial charge in [-0.15, -0.1) is 0 Å². The zero-order valence-electron chi connectivity index (χ0n) is 12.0. The summed E-state index contributed by atoms with van der Waals surface area (Å²) in [6.45, 7) is 2.05. The van der Waals surface area contributed by atoms with E-state index in [1.54, 1.807) is 18.2 Å². The number of carbonyl (C=O) groups is 1. The van der Waals surface area contributed by atoms with Crippen molar-refractivity contribution in [3.05, 3.63) is 58.1 Å². The quantitative estimate of drug-likeness (QED) is 0.748. The summed E-state index contributed by atoms with van der Waals surface area (Å²) in [5.41, 5.74) is 3.10. The second-order valence-corrected chi connectivity index (χ2v) is 5.93. The van der Waals surface area contributed by atoms with Gasteiger partial charge in [-0.2, -0.15) is 15.4 Å². The van der Waals surface area contributed by atoms with Crippen LogP contribution < -0.4 is 5.32 Å². The number of carbonyl (C=O) groups excluding carboxylic acids is 1. The molecule has 2 N–H and O–H groups in total. The summed E-state index contributed by atoms with van der Waals surface area (Å²) < 4.78 is 1.02. The van der Waals surface area contributed by atoms with E-state index in [2.05, 4.69) is 36.7 Å². The molecule has 112 valence electrons. The minimum atomic E-state index is -0.111. The largest absolute Gasteiger partial charge is 0.345 e. The molecule has 0 aliphatic carbocycles. The highest BCUT2D eigenvalue weighted by atomic mass is 79.9. The van der Waals surface area contributed by atoms with Crippen molar-refractivity contribution in [2.45, 2.75) is 19.4 Å². The number of halogens is 1. The average molecular weight is 359 g/mol. The van der Waals surface area contributed by atoms with E-state index in [0.29, 0.717) is 11.1 Å². The first-order valence-corrected chi connectivity index (χ1v) is 7.83. The number of hydrogen-bond acceptors (Lipinski definition) is 3. The maximum Gasteiger partial charge on any atom is 0.251 e. The third kappa shape index (κ3) is 3.01. The van der Waals surface area contributed by atoms with Gasteiger partial charge >= 0.3 is 0 Å². The van der Waals surface area contributed by atoms with Gasteiger partial charge in [0.15, 0.2) is 0 Å². The van der Waals surface area contributed by atoms with Crippen molar-refractivity contribution in [2.24, 2.45) is 0 Å². The number of fused-ring (bicyclic) bond motifs is 1. The minimum Gasteiger partial charge on any atom is -0.345 e. The van der Waals surface area contributed by atoms with Gasteiger partial charge in [-0.05, 0) is 42.3 Å². The van der Waals surface area contributed by atoms with E-state index in [1.165, 1.54) is 0 Å². The Morgan fingerprint density at radius 1 is 1.18 bits per heavy atom. The van der Waals surface area contributed by atoms with Gasteiger partial charge in [-0.1, -0.05) is 35.0 Å². The molecule has 5 nitrogen and oxygen atoms in total. The highest BCUT2D eigenvalue weighted by molar-refractivity contribution is 9.10. The number of benzene rings is 2. The molecule has 0 aliphatic rings. The molecule has 0 aliphatic heterocycles. The summed E-state index contributed by atoms with van der Waals surface area (Å²) >= 11 is 3.42. The van der Waals surface area contributed by atoms with E-state index >= 15 is 0 Å². The van der Waals surface area contributed by atoms with Gasteiger partial charge in [0, 0.05) is 10.0 Å². The van der Waals surface area contributed by atoms with E-state index in [4.69, 9.17) is 0 Å². The maximum absolute atomic E-state index is 12.4. The van der Waals surface area contributed by atoms with Crippen LogP contribution in [0.4, 0.5) is 0 Å². The summed E-state index contributed by atoms with van der Waals surface area (Å²) in [6.07, 6.45) is 0.819. The zero-order chi connectivity index (χ0) is 15.5. The number of H-pyrrole nitrogens is 1. The molecule has 0 spiro atoms. The summed E-state index contributed by atoms with van der Waals surface area (Å²) in [4.78, 5) is 12.4. The van der Waals surface area contributed by atoms with Crippen LogP contribution in [0.2, 0.25) is 0 Å². The van der Waals surface area contributed by atoms with Crippen LogP contribution in [0.5, 0.6) is 0 Å². The Kier molecular flexibility index (Phi) is 4.20. The molecule has 2 aromatic carbocycles.